The van der Waals surface area contributed by atoms with Crippen molar-refractivity contribution in [3.05, 3.63) is 23.8 Å². The minimum atomic E-state index is -0.800. The van der Waals surface area contributed by atoms with E-state index in [2.05, 4.69) is 10.8 Å². The van der Waals surface area contributed by atoms with Gasteiger partial charge in [-0.15, -0.1) is 0 Å². The number of hydroxylamine groups is 1. The average Bonchev–Trinajstić information content (AvgIpc) is 3.72. The molecule has 1 unspecified atom stereocenters. The maximum absolute atomic E-state index is 13.9. The number of carbonyl (C=O) groups is 4. The molecule has 256 valence electrons. The topological polar surface area (TPSA) is 136 Å². The average molecular weight is 645 g/mol. The second-order valence-corrected chi connectivity index (χ2v) is 14.2. The van der Waals surface area contributed by atoms with Gasteiger partial charge in [-0.25, -0.2) is 10.3 Å². The molecule has 0 radical (unpaired) electrons. The van der Waals surface area contributed by atoms with Gasteiger partial charge in [0.15, 0.2) is 17.8 Å². The van der Waals surface area contributed by atoms with Crippen molar-refractivity contribution in [1.82, 2.24) is 20.6 Å². The van der Waals surface area contributed by atoms with E-state index in [1.165, 1.54) is 0 Å². The van der Waals surface area contributed by atoms with Gasteiger partial charge < -0.3 is 29.3 Å². The highest BCUT2D eigenvalue weighted by Crippen LogP contribution is 2.34. The SMILES string of the molecule is CC(C)COC(C)ONC(=O)C[C@@H](CC1CCCC1)C(=O)N[C@H](C(=O)N1CCN(C(=O)c2ccc3c(c2)OCO3)CC1)C(C)(C)C. The van der Waals surface area contributed by atoms with Crippen LogP contribution in [0.15, 0.2) is 18.2 Å². The smallest absolute Gasteiger partial charge is 0.254 e. The lowest BCUT2D eigenvalue weighted by Crippen LogP contribution is -2.59. The number of benzene rings is 1. The summed E-state index contributed by atoms with van der Waals surface area (Å²) in [6.07, 6.45) is 4.19. The second kappa shape index (κ2) is 15.9. The summed E-state index contributed by atoms with van der Waals surface area (Å²) in [7, 11) is 0. The van der Waals surface area contributed by atoms with Crippen molar-refractivity contribution in [2.24, 2.45) is 23.2 Å². The Bertz CT molecular complexity index is 1220. The number of piperazine rings is 1. The summed E-state index contributed by atoms with van der Waals surface area (Å²) in [5.74, 6) is 0.198. The summed E-state index contributed by atoms with van der Waals surface area (Å²) < 4.78 is 16.3. The van der Waals surface area contributed by atoms with Crippen LogP contribution in [0.4, 0.5) is 0 Å². The fourth-order valence-corrected chi connectivity index (χ4v) is 6.14. The number of nitrogens with zero attached hydrogens (tertiary/aromatic N) is 2. The van der Waals surface area contributed by atoms with Gasteiger partial charge in [0.1, 0.15) is 6.04 Å². The van der Waals surface area contributed by atoms with Crippen LogP contribution in [0.1, 0.15) is 90.4 Å². The van der Waals surface area contributed by atoms with E-state index in [9.17, 15) is 19.2 Å². The summed E-state index contributed by atoms with van der Waals surface area (Å²) in [6, 6.07) is 4.33. The normalized spacial score (nSPS) is 18.8. The third kappa shape index (κ3) is 9.81. The van der Waals surface area contributed by atoms with E-state index in [0.717, 1.165) is 25.7 Å². The maximum Gasteiger partial charge on any atom is 0.254 e. The predicted octanol–water partition coefficient (Wildman–Crippen LogP) is 3.88. The van der Waals surface area contributed by atoms with Gasteiger partial charge in [0.05, 0.1) is 6.61 Å². The van der Waals surface area contributed by atoms with Crippen LogP contribution in [0.25, 0.3) is 0 Å². The molecule has 0 aromatic heterocycles. The molecular weight excluding hydrogens is 592 g/mol. The molecule has 1 aromatic carbocycles. The largest absolute Gasteiger partial charge is 0.454 e. The van der Waals surface area contributed by atoms with Gasteiger partial charge in [-0.1, -0.05) is 60.3 Å². The number of ether oxygens (including phenoxy) is 3. The number of hydrogen-bond donors (Lipinski definition) is 2. The van der Waals surface area contributed by atoms with Gasteiger partial charge in [0, 0.05) is 44.1 Å². The van der Waals surface area contributed by atoms with Gasteiger partial charge in [-0.3, -0.25) is 19.2 Å². The Morgan fingerprint density at radius 2 is 1.61 bits per heavy atom. The first-order chi connectivity index (χ1) is 21.8. The molecule has 4 amide bonds. The van der Waals surface area contributed by atoms with Gasteiger partial charge in [-0.05, 0) is 48.8 Å². The zero-order valence-electron chi connectivity index (χ0n) is 28.3. The Balaban J connectivity index is 1.35. The zero-order chi connectivity index (χ0) is 33.4. The molecule has 0 bridgehead atoms. The number of carbonyl (C=O) groups excluding carboxylic acids is 4. The molecule has 0 spiro atoms. The summed E-state index contributed by atoms with van der Waals surface area (Å²) in [5.41, 5.74) is 2.37. The highest BCUT2D eigenvalue weighted by Gasteiger charge is 2.39. The molecule has 1 saturated heterocycles. The lowest BCUT2D eigenvalue weighted by atomic mass is 9.84. The molecule has 3 aliphatic rings. The molecule has 2 N–H and O–H groups in total. The third-order valence-corrected chi connectivity index (χ3v) is 8.80. The monoisotopic (exact) mass is 644 g/mol. The van der Waals surface area contributed by atoms with Crippen LogP contribution in [-0.4, -0.2) is 85.3 Å². The molecular formula is C34H52N4O8. The molecule has 2 aliphatic heterocycles. The van der Waals surface area contributed by atoms with E-state index in [-0.39, 0.29) is 30.9 Å². The van der Waals surface area contributed by atoms with E-state index in [1.807, 2.05) is 34.6 Å². The Morgan fingerprint density at radius 1 is 0.957 bits per heavy atom. The summed E-state index contributed by atoms with van der Waals surface area (Å²) in [5, 5.41) is 3.03. The van der Waals surface area contributed by atoms with Gasteiger partial charge in [0.25, 0.3) is 5.91 Å². The van der Waals surface area contributed by atoms with Crippen molar-refractivity contribution in [3.8, 4) is 11.5 Å². The fourth-order valence-electron chi connectivity index (χ4n) is 6.14. The molecule has 4 rings (SSSR count). The Labute approximate surface area is 272 Å². The first-order valence-electron chi connectivity index (χ1n) is 16.7. The first-order valence-corrected chi connectivity index (χ1v) is 16.7. The Morgan fingerprint density at radius 3 is 2.26 bits per heavy atom. The maximum atomic E-state index is 13.9. The standard InChI is InChI=1S/C34H52N4O8/c1-22(2)20-43-23(3)46-36-29(39)19-26(17-24-9-7-8-10-24)31(40)35-30(34(4,5)6)33(42)38-15-13-37(14-16-38)32(41)25-11-12-27-28(18-25)45-21-44-27/h11-12,18,22-24,26,30H,7-10,13-17,19-21H2,1-6H3,(H,35,40)(H,36,39)/t23?,26-,30-/m1/s1. The molecule has 2 fully saturated rings. The second-order valence-electron chi connectivity index (χ2n) is 14.2. The van der Waals surface area contributed by atoms with E-state index >= 15 is 0 Å². The zero-order valence-corrected chi connectivity index (χ0v) is 28.3. The van der Waals surface area contributed by atoms with Crippen LogP contribution in [0.2, 0.25) is 0 Å². The van der Waals surface area contributed by atoms with Crippen LogP contribution in [-0.2, 0) is 24.0 Å². The van der Waals surface area contributed by atoms with E-state index in [0.29, 0.717) is 68.1 Å². The Hall–Kier alpha value is -3.38. The van der Waals surface area contributed by atoms with Crippen molar-refractivity contribution in [3.63, 3.8) is 0 Å². The van der Waals surface area contributed by atoms with Crippen molar-refractivity contribution < 1.29 is 38.2 Å². The number of amides is 4. The highest BCUT2D eigenvalue weighted by molar-refractivity contribution is 5.95. The number of rotatable bonds is 13. The number of nitrogens with one attached hydrogen (secondary N) is 2. The fraction of sp³-hybridized carbons (Fsp3) is 0.706. The summed E-state index contributed by atoms with van der Waals surface area (Å²) in [4.78, 5) is 62.6. The van der Waals surface area contributed by atoms with E-state index < -0.39 is 29.6 Å². The lowest BCUT2D eigenvalue weighted by molar-refractivity contribution is -0.183. The van der Waals surface area contributed by atoms with E-state index in [4.69, 9.17) is 19.0 Å². The molecule has 1 aliphatic carbocycles. The van der Waals surface area contributed by atoms with Gasteiger partial charge >= 0.3 is 0 Å². The van der Waals surface area contributed by atoms with Gasteiger partial charge in [0.2, 0.25) is 24.5 Å². The molecule has 46 heavy (non-hydrogen) atoms. The van der Waals surface area contributed by atoms with Crippen molar-refractivity contribution in [1.29, 1.82) is 0 Å². The van der Waals surface area contributed by atoms with Crippen molar-refractivity contribution in [2.45, 2.75) is 92.4 Å². The van der Waals surface area contributed by atoms with E-state index in [1.54, 1.807) is 34.9 Å². The quantitative estimate of drug-likeness (QED) is 0.244. The number of fused-ring (bicyclic) bond motifs is 1. The van der Waals surface area contributed by atoms with Crippen molar-refractivity contribution >= 4 is 23.6 Å². The minimum absolute atomic E-state index is 0.0507. The predicted molar refractivity (Wildman–Crippen MR) is 171 cm³/mol. The Kier molecular flexibility index (Phi) is 12.3. The molecule has 2 heterocycles. The highest BCUT2D eigenvalue weighted by atomic mass is 16.8. The van der Waals surface area contributed by atoms with Crippen LogP contribution < -0.4 is 20.3 Å². The first kappa shape index (κ1) is 35.5. The van der Waals surface area contributed by atoms with Crippen LogP contribution in [0, 0.1) is 23.2 Å². The molecule has 1 saturated carbocycles. The lowest BCUT2D eigenvalue weighted by Gasteiger charge is -2.40. The molecule has 12 nitrogen and oxygen atoms in total. The van der Waals surface area contributed by atoms with Crippen LogP contribution in [0.3, 0.4) is 0 Å². The van der Waals surface area contributed by atoms with Crippen LogP contribution in [0.5, 0.6) is 11.5 Å². The van der Waals surface area contributed by atoms with Crippen molar-refractivity contribution in [2.75, 3.05) is 39.6 Å². The minimum Gasteiger partial charge on any atom is -0.454 e. The number of hydrogen-bond acceptors (Lipinski definition) is 8. The third-order valence-electron chi connectivity index (χ3n) is 8.80. The van der Waals surface area contributed by atoms with Crippen LogP contribution >= 0.6 is 0 Å². The molecule has 12 heteroatoms. The summed E-state index contributed by atoms with van der Waals surface area (Å²) in [6.45, 7) is 13.6. The molecule has 3 atom stereocenters. The molecule has 1 aromatic rings. The van der Waals surface area contributed by atoms with Gasteiger partial charge in [-0.2, -0.15) is 0 Å². The summed E-state index contributed by atoms with van der Waals surface area (Å²) >= 11 is 0.